The molecule has 0 aromatic heterocycles. The van der Waals surface area contributed by atoms with E-state index in [0.29, 0.717) is 18.9 Å². The molecule has 0 aromatic carbocycles. The average Bonchev–Trinajstić information content (AvgIpc) is 2.06. The molecule has 66 valence electrons. The largest absolute Gasteiger partial charge is 0.394 e. The normalized spacial score (nSPS) is 32.2. The smallest absolute Gasteiger partial charge is 0.159 e. The molecule has 0 saturated carbocycles. The summed E-state index contributed by atoms with van der Waals surface area (Å²) in [7, 11) is 0. The quantitative estimate of drug-likeness (QED) is 0.652. The maximum atomic E-state index is 8.76. The lowest BCUT2D eigenvalue weighted by atomic mass is 10.2. The molecule has 4 heteroatoms. The lowest BCUT2D eigenvalue weighted by molar-refractivity contribution is -0.219. The lowest BCUT2D eigenvalue weighted by Crippen LogP contribution is -2.34. The highest BCUT2D eigenvalue weighted by molar-refractivity contribution is 6.17. The van der Waals surface area contributed by atoms with Crippen LogP contribution < -0.4 is 0 Å². The fraction of sp³-hybridized carbons (Fsp3) is 1.00. The molecule has 1 saturated heterocycles. The summed E-state index contributed by atoms with van der Waals surface area (Å²) in [6, 6.07) is 0. The van der Waals surface area contributed by atoms with E-state index in [9.17, 15) is 0 Å². The average molecular weight is 181 g/mol. The molecule has 1 aliphatic heterocycles. The minimum Gasteiger partial charge on any atom is -0.394 e. The molecule has 1 rings (SSSR count). The highest BCUT2D eigenvalue weighted by Crippen LogP contribution is 2.14. The molecule has 0 bridgehead atoms. The van der Waals surface area contributed by atoms with E-state index in [4.69, 9.17) is 26.2 Å². The van der Waals surface area contributed by atoms with Crippen molar-refractivity contribution in [2.24, 2.45) is 0 Å². The van der Waals surface area contributed by atoms with Gasteiger partial charge in [0.1, 0.15) is 0 Å². The van der Waals surface area contributed by atoms with E-state index in [1.54, 1.807) is 0 Å². The first kappa shape index (κ1) is 9.26. The molecule has 1 heterocycles. The van der Waals surface area contributed by atoms with Crippen molar-refractivity contribution in [1.82, 2.24) is 0 Å². The molecule has 3 nitrogen and oxygen atoms in total. The van der Waals surface area contributed by atoms with Crippen molar-refractivity contribution in [2.45, 2.75) is 25.2 Å². The summed E-state index contributed by atoms with van der Waals surface area (Å²) in [4.78, 5) is 0. The Hall–Kier alpha value is 0.170. The van der Waals surface area contributed by atoms with E-state index >= 15 is 0 Å². The summed E-state index contributed by atoms with van der Waals surface area (Å²) in [6.07, 6.45) is 1.20. The first-order valence-electron chi connectivity index (χ1n) is 3.80. The molecule has 11 heavy (non-hydrogen) atoms. The van der Waals surface area contributed by atoms with E-state index in [2.05, 4.69) is 0 Å². The zero-order chi connectivity index (χ0) is 8.10. The van der Waals surface area contributed by atoms with Gasteiger partial charge in [-0.1, -0.05) is 0 Å². The summed E-state index contributed by atoms with van der Waals surface area (Å²) < 4.78 is 10.6. The topological polar surface area (TPSA) is 38.7 Å². The first-order valence-corrected chi connectivity index (χ1v) is 4.34. The number of aliphatic hydroxyl groups is 1. The Morgan fingerprint density at radius 2 is 2.36 bits per heavy atom. The maximum absolute atomic E-state index is 8.76. The SMILES string of the molecule is OC[C@@H]1CCO[C@H](CCCl)O1. The number of rotatable bonds is 3. The fourth-order valence-electron chi connectivity index (χ4n) is 1.03. The minimum atomic E-state index is -0.210. The van der Waals surface area contributed by atoms with Gasteiger partial charge in [-0.25, -0.2) is 0 Å². The first-order chi connectivity index (χ1) is 5.36. The third-order valence-corrected chi connectivity index (χ3v) is 1.85. The second-order valence-electron chi connectivity index (χ2n) is 2.51. The summed E-state index contributed by atoms with van der Waals surface area (Å²) in [5.74, 6) is 0.531. The highest BCUT2D eigenvalue weighted by atomic mass is 35.5. The van der Waals surface area contributed by atoms with Crippen molar-refractivity contribution in [1.29, 1.82) is 0 Å². The van der Waals surface area contributed by atoms with Crippen LogP contribution in [0.15, 0.2) is 0 Å². The van der Waals surface area contributed by atoms with E-state index in [1.165, 1.54) is 0 Å². The monoisotopic (exact) mass is 180 g/mol. The van der Waals surface area contributed by atoms with Crippen LogP contribution >= 0.6 is 11.6 Å². The van der Waals surface area contributed by atoms with Crippen LogP contribution in [0.4, 0.5) is 0 Å². The van der Waals surface area contributed by atoms with Gasteiger partial charge in [0.2, 0.25) is 0 Å². The van der Waals surface area contributed by atoms with Crippen molar-refractivity contribution >= 4 is 11.6 Å². The number of aliphatic hydroxyl groups excluding tert-OH is 1. The zero-order valence-electron chi connectivity index (χ0n) is 6.33. The van der Waals surface area contributed by atoms with Crippen molar-refractivity contribution < 1.29 is 14.6 Å². The summed E-state index contributed by atoms with van der Waals surface area (Å²) in [5.41, 5.74) is 0. The van der Waals surface area contributed by atoms with Gasteiger partial charge in [0, 0.05) is 12.3 Å². The van der Waals surface area contributed by atoms with Crippen molar-refractivity contribution in [2.75, 3.05) is 19.1 Å². The summed E-state index contributed by atoms with van der Waals surface area (Å²) in [5, 5.41) is 8.76. The van der Waals surface area contributed by atoms with Crippen LogP contribution in [-0.4, -0.2) is 36.6 Å². The van der Waals surface area contributed by atoms with Gasteiger partial charge in [-0.2, -0.15) is 0 Å². The van der Waals surface area contributed by atoms with Crippen LogP contribution in [0, 0.1) is 0 Å². The molecule has 0 amide bonds. The van der Waals surface area contributed by atoms with Crippen LogP contribution in [0.3, 0.4) is 0 Å². The van der Waals surface area contributed by atoms with Crippen LogP contribution in [0.1, 0.15) is 12.8 Å². The Bertz CT molecular complexity index is 108. The van der Waals surface area contributed by atoms with Crippen LogP contribution in [0.25, 0.3) is 0 Å². The molecule has 0 spiro atoms. The number of halogens is 1. The van der Waals surface area contributed by atoms with Crippen molar-refractivity contribution in [3.63, 3.8) is 0 Å². The standard InChI is InChI=1S/C7H13ClO3/c8-3-1-7-10-4-2-6(5-9)11-7/h6-7,9H,1-5H2/t6-,7-/m0/s1. The second-order valence-corrected chi connectivity index (χ2v) is 2.89. The predicted octanol–water partition coefficient (Wildman–Crippen LogP) is 0.739. The Kier molecular flexibility index (Phi) is 4.15. The molecular weight excluding hydrogens is 168 g/mol. The number of hydrogen-bond donors (Lipinski definition) is 1. The predicted molar refractivity (Wildman–Crippen MR) is 41.7 cm³/mol. The van der Waals surface area contributed by atoms with Gasteiger partial charge in [0.15, 0.2) is 6.29 Å². The Morgan fingerprint density at radius 1 is 1.55 bits per heavy atom. The van der Waals surface area contributed by atoms with Gasteiger partial charge >= 0.3 is 0 Å². The van der Waals surface area contributed by atoms with Crippen molar-refractivity contribution in [3.8, 4) is 0 Å². The van der Waals surface area contributed by atoms with Gasteiger partial charge < -0.3 is 14.6 Å². The van der Waals surface area contributed by atoms with Gasteiger partial charge in [-0.15, -0.1) is 11.6 Å². The van der Waals surface area contributed by atoms with Crippen LogP contribution in [0.5, 0.6) is 0 Å². The second kappa shape index (κ2) is 4.93. The molecule has 1 aliphatic rings. The van der Waals surface area contributed by atoms with Crippen molar-refractivity contribution in [3.05, 3.63) is 0 Å². The molecule has 2 atom stereocenters. The maximum Gasteiger partial charge on any atom is 0.159 e. The summed E-state index contributed by atoms with van der Waals surface area (Å²) in [6.45, 7) is 0.731. The number of hydrogen-bond acceptors (Lipinski definition) is 3. The molecule has 0 aliphatic carbocycles. The molecule has 0 unspecified atom stereocenters. The van der Waals surface area contributed by atoms with Gasteiger partial charge in [-0.05, 0) is 6.42 Å². The zero-order valence-corrected chi connectivity index (χ0v) is 7.09. The van der Waals surface area contributed by atoms with E-state index in [1.807, 2.05) is 0 Å². The van der Waals surface area contributed by atoms with Crippen LogP contribution in [-0.2, 0) is 9.47 Å². The molecule has 0 aromatic rings. The Labute approximate surface area is 71.2 Å². The van der Waals surface area contributed by atoms with Gasteiger partial charge in [-0.3, -0.25) is 0 Å². The van der Waals surface area contributed by atoms with E-state index in [-0.39, 0.29) is 19.0 Å². The van der Waals surface area contributed by atoms with E-state index < -0.39 is 0 Å². The highest BCUT2D eigenvalue weighted by Gasteiger charge is 2.21. The Balaban J connectivity index is 2.21. The van der Waals surface area contributed by atoms with E-state index in [0.717, 1.165) is 6.42 Å². The van der Waals surface area contributed by atoms with Gasteiger partial charge in [0.25, 0.3) is 0 Å². The molecular formula is C7H13ClO3. The van der Waals surface area contributed by atoms with Crippen LogP contribution in [0.2, 0.25) is 0 Å². The fourth-order valence-corrected chi connectivity index (χ4v) is 1.21. The third kappa shape index (κ3) is 2.95. The third-order valence-electron chi connectivity index (χ3n) is 1.64. The minimum absolute atomic E-state index is 0.0584. The molecule has 1 fully saturated rings. The number of alkyl halides is 1. The van der Waals surface area contributed by atoms with Gasteiger partial charge in [0.05, 0.1) is 19.3 Å². The summed E-state index contributed by atoms with van der Waals surface area (Å²) >= 11 is 5.50. The molecule has 0 radical (unpaired) electrons. The lowest BCUT2D eigenvalue weighted by Gasteiger charge is -2.28. The molecule has 1 N–H and O–H groups in total. The number of ether oxygens (including phenoxy) is 2. The Morgan fingerprint density at radius 3 is 3.00 bits per heavy atom.